The Kier molecular flexibility index (Phi) is 3.69. The zero-order chi connectivity index (χ0) is 14.0. The standard InChI is InChI=1S/C13H18N2O4/c1-8-4-2-3-5-15(8)13(19)14-9-6-10(16)12(18)11(17)7-9/h6-8,16-18H,2-5H2,1H3,(H,14,19). The van der Waals surface area contributed by atoms with Crippen LogP contribution in [0.2, 0.25) is 0 Å². The summed E-state index contributed by atoms with van der Waals surface area (Å²) in [6, 6.07) is 2.30. The number of anilines is 1. The quantitative estimate of drug-likeness (QED) is 0.463. The van der Waals surface area contributed by atoms with E-state index in [-0.39, 0.29) is 17.8 Å². The number of amides is 2. The van der Waals surface area contributed by atoms with Crippen LogP contribution in [0.4, 0.5) is 10.5 Å². The van der Waals surface area contributed by atoms with Gasteiger partial charge in [-0.25, -0.2) is 4.79 Å². The number of rotatable bonds is 1. The number of piperidine rings is 1. The molecule has 1 aromatic carbocycles. The van der Waals surface area contributed by atoms with E-state index >= 15 is 0 Å². The SMILES string of the molecule is CC1CCCCN1C(=O)Nc1cc(O)c(O)c(O)c1. The second-order valence-corrected chi connectivity index (χ2v) is 4.83. The lowest BCUT2D eigenvalue weighted by molar-refractivity contribution is 0.170. The molecule has 0 saturated carbocycles. The smallest absolute Gasteiger partial charge is 0.322 e. The van der Waals surface area contributed by atoms with Gasteiger partial charge in [-0.2, -0.15) is 0 Å². The van der Waals surface area contributed by atoms with Crippen molar-refractivity contribution in [2.24, 2.45) is 0 Å². The van der Waals surface area contributed by atoms with Crippen LogP contribution in [0.1, 0.15) is 26.2 Å². The predicted octanol–water partition coefficient (Wildman–Crippen LogP) is 2.21. The van der Waals surface area contributed by atoms with Gasteiger partial charge in [0.15, 0.2) is 17.2 Å². The van der Waals surface area contributed by atoms with Gasteiger partial charge in [0.2, 0.25) is 0 Å². The lowest BCUT2D eigenvalue weighted by Crippen LogP contribution is -2.44. The highest BCUT2D eigenvalue weighted by Gasteiger charge is 2.23. The first-order valence-electron chi connectivity index (χ1n) is 6.31. The van der Waals surface area contributed by atoms with Crippen molar-refractivity contribution in [3.8, 4) is 17.2 Å². The van der Waals surface area contributed by atoms with Crippen LogP contribution >= 0.6 is 0 Å². The Morgan fingerprint density at radius 3 is 2.47 bits per heavy atom. The summed E-state index contributed by atoms with van der Waals surface area (Å²) in [5.41, 5.74) is 0.246. The van der Waals surface area contributed by atoms with E-state index < -0.39 is 17.2 Å². The summed E-state index contributed by atoms with van der Waals surface area (Å²) in [4.78, 5) is 13.8. The number of hydrogen-bond acceptors (Lipinski definition) is 4. The molecule has 19 heavy (non-hydrogen) atoms. The van der Waals surface area contributed by atoms with Crippen LogP contribution in [-0.2, 0) is 0 Å². The third-order valence-corrected chi connectivity index (χ3v) is 3.38. The Balaban J connectivity index is 2.10. The van der Waals surface area contributed by atoms with E-state index in [2.05, 4.69) is 5.32 Å². The van der Waals surface area contributed by atoms with Gasteiger partial charge in [-0.3, -0.25) is 0 Å². The van der Waals surface area contributed by atoms with E-state index in [4.69, 9.17) is 0 Å². The lowest BCUT2D eigenvalue weighted by Gasteiger charge is -2.33. The van der Waals surface area contributed by atoms with Gasteiger partial charge in [-0.1, -0.05) is 0 Å². The van der Waals surface area contributed by atoms with Crippen molar-refractivity contribution in [3.63, 3.8) is 0 Å². The summed E-state index contributed by atoms with van der Waals surface area (Å²) < 4.78 is 0. The monoisotopic (exact) mass is 266 g/mol. The van der Waals surface area contributed by atoms with Crippen LogP contribution in [0.3, 0.4) is 0 Å². The molecule has 6 nitrogen and oxygen atoms in total. The molecular weight excluding hydrogens is 248 g/mol. The molecule has 0 bridgehead atoms. The maximum Gasteiger partial charge on any atom is 0.322 e. The summed E-state index contributed by atoms with van der Waals surface area (Å²) in [5, 5.41) is 30.6. The number of urea groups is 1. The number of hydrogen-bond donors (Lipinski definition) is 4. The highest BCUT2D eigenvalue weighted by molar-refractivity contribution is 5.90. The number of nitrogens with zero attached hydrogens (tertiary/aromatic N) is 1. The first kappa shape index (κ1) is 13.3. The van der Waals surface area contributed by atoms with Gasteiger partial charge in [-0.15, -0.1) is 0 Å². The zero-order valence-corrected chi connectivity index (χ0v) is 10.8. The molecule has 0 aromatic heterocycles. The number of aromatic hydroxyl groups is 3. The van der Waals surface area contributed by atoms with E-state index in [1.807, 2.05) is 6.92 Å². The molecule has 1 saturated heterocycles. The average molecular weight is 266 g/mol. The molecule has 6 heteroatoms. The molecule has 1 aromatic rings. The van der Waals surface area contributed by atoms with Gasteiger partial charge in [0.25, 0.3) is 0 Å². The van der Waals surface area contributed by atoms with Crippen LogP contribution in [0.15, 0.2) is 12.1 Å². The van der Waals surface area contributed by atoms with E-state index in [1.165, 1.54) is 12.1 Å². The second kappa shape index (κ2) is 5.26. The van der Waals surface area contributed by atoms with Gasteiger partial charge < -0.3 is 25.5 Å². The highest BCUT2D eigenvalue weighted by Crippen LogP contribution is 2.37. The number of likely N-dealkylation sites (tertiary alicyclic amines) is 1. The molecule has 1 atom stereocenters. The van der Waals surface area contributed by atoms with Gasteiger partial charge in [0.1, 0.15) is 0 Å². The summed E-state index contributed by atoms with van der Waals surface area (Å²) >= 11 is 0. The number of phenols is 3. The molecule has 1 heterocycles. The fraction of sp³-hybridized carbons (Fsp3) is 0.462. The molecular formula is C13H18N2O4. The number of carbonyl (C=O) groups is 1. The van der Waals surface area contributed by atoms with Crippen LogP contribution in [0.5, 0.6) is 17.2 Å². The van der Waals surface area contributed by atoms with Crippen LogP contribution in [0, 0.1) is 0 Å². The van der Waals surface area contributed by atoms with Crippen LogP contribution in [-0.4, -0.2) is 38.8 Å². The zero-order valence-electron chi connectivity index (χ0n) is 10.8. The minimum Gasteiger partial charge on any atom is -0.504 e. The maximum absolute atomic E-state index is 12.1. The topological polar surface area (TPSA) is 93.0 Å². The Bertz CT molecular complexity index is 467. The normalized spacial score (nSPS) is 19.2. The molecule has 0 aliphatic carbocycles. The number of benzene rings is 1. The maximum atomic E-state index is 12.1. The highest BCUT2D eigenvalue weighted by atomic mass is 16.3. The third-order valence-electron chi connectivity index (χ3n) is 3.38. The molecule has 1 aliphatic heterocycles. The Labute approximate surface area is 111 Å². The van der Waals surface area contributed by atoms with Gasteiger partial charge in [0, 0.05) is 24.7 Å². The summed E-state index contributed by atoms with van der Waals surface area (Å²) in [6.45, 7) is 2.69. The van der Waals surface area contributed by atoms with E-state index in [0.29, 0.717) is 6.54 Å². The molecule has 2 amide bonds. The molecule has 0 spiro atoms. The summed E-state index contributed by atoms with van der Waals surface area (Å²) in [6.07, 6.45) is 3.06. The van der Waals surface area contributed by atoms with Gasteiger partial charge >= 0.3 is 6.03 Å². The van der Waals surface area contributed by atoms with Crippen LogP contribution in [0.25, 0.3) is 0 Å². The summed E-state index contributed by atoms with van der Waals surface area (Å²) in [5.74, 6) is -1.53. The van der Waals surface area contributed by atoms with Crippen molar-refractivity contribution in [2.45, 2.75) is 32.2 Å². The Morgan fingerprint density at radius 1 is 1.26 bits per heavy atom. The molecule has 0 radical (unpaired) electrons. The molecule has 1 fully saturated rings. The fourth-order valence-corrected chi connectivity index (χ4v) is 2.27. The van der Waals surface area contributed by atoms with E-state index in [1.54, 1.807) is 4.90 Å². The van der Waals surface area contributed by atoms with Crippen molar-refractivity contribution >= 4 is 11.7 Å². The molecule has 1 aliphatic rings. The molecule has 2 rings (SSSR count). The minimum absolute atomic E-state index is 0.174. The summed E-state index contributed by atoms with van der Waals surface area (Å²) in [7, 11) is 0. The van der Waals surface area contributed by atoms with Crippen molar-refractivity contribution in [3.05, 3.63) is 12.1 Å². The number of nitrogens with one attached hydrogen (secondary N) is 1. The van der Waals surface area contributed by atoms with Crippen LogP contribution < -0.4 is 5.32 Å². The van der Waals surface area contributed by atoms with E-state index in [0.717, 1.165) is 19.3 Å². The Morgan fingerprint density at radius 2 is 1.89 bits per heavy atom. The Hall–Kier alpha value is -2.11. The second-order valence-electron chi connectivity index (χ2n) is 4.83. The molecule has 104 valence electrons. The van der Waals surface area contributed by atoms with Crippen molar-refractivity contribution in [2.75, 3.05) is 11.9 Å². The number of phenolic OH excluding ortho intramolecular Hbond substituents is 3. The molecule has 4 N–H and O–H groups in total. The fourth-order valence-electron chi connectivity index (χ4n) is 2.27. The molecule has 1 unspecified atom stereocenters. The predicted molar refractivity (Wildman–Crippen MR) is 70.5 cm³/mol. The first-order chi connectivity index (χ1) is 8.99. The van der Waals surface area contributed by atoms with Gasteiger partial charge in [0.05, 0.1) is 5.69 Å². The average Bonchev–Trinajstić information content (AvgIpc) is 2.36. The largest absolute Gasteiger partial charge is 0.504 e. The minimum atomic E-state index is -0.593. The first-order valence-corrected chi connectivity index (χ1v) is 6.31. The van der Waals surface area contributed by atoms with Crippen molar-refractivity contribution in [1.29, 1.82) is 0 Å². The number of carbonyl (C=O) groups excluding carboxylic acids is 1. The van der Waals surface area contributed by atoms with Crippen molar-refractivity contribution in [1.82, 2.24) is 4.90 Å². The van der Waals surface area contributed by atoms with E-state index in [9.17, 15) is 20.1 Å². The third kappa shape index (κ3) is 2.83. The van der Waals surface area contributed by atoms with Crippen molar-refractivity contribution < 1.29 is 20.1 Å². The van der Waals surface area contributed by atoms with Gasteiger partial charge in [-0.05, 0) is 26.2 Å². The lowest BCUT2D eigenvalue weighted by atomic mass is 10.0.